The summed E-state index contributed by atoms with van der Waals surface area (Å²) in [6.45, 7) is 2.76. The first kappa shape index (κ1) is 13.7. The van der Waals surface area contributed by atoms with Crippen molar-refractivity contribution in [3.05, 3.63) is 36.3 Å². The van der Waals surface area contributed by atoms with Crippen LogP contribution in [0.4, 0.5) is 0 Å². The van der Waals surface area contributed by atoms with Gasteiger partial charge in [-0.25, -0.2) is 13.1 Å². The molecule has 2 aromatic heterocycles. The Balaban J connectivity index is 2.09. The number of nitrogens with one attached hydrogen (secondary N) is 1. The van der Waals surface area contributed by atoms with Gasteiger partial charge in [-0.1, -0.05) is 0 Å². The molecule has 6 nitrogen and oxygen atoms in total. The first-order valence-corrected chi connectivity index (χ1v) is 7.74. The summed E-state index contributed by atoms with van der Waals surface area (Å²) in [5.41, 5.74) is 2.76. The summed E-state index contributed by atoms with van der Waals surface area (Å²) in [4.78, 5) is 4.05. The Morgan fingerprint density at radius 1 is 1.42 bits per heavy atom. The molecule has 0 amide bonds. The zero-order valence-corrected chi connectivity index (χ0v) is 11.7. The molecule has 0 unspecified atom stereocenters. The van der Waals surface area contributed by atoms with E-state index in [1.54, 1.807) is 17.1 Å². The van der Waals surface area contributed by atoms with Crippen molar-refractivity contribution in [1.82, 2.24) is 19.5 Å². The maximum Gasteiger partial charge on any atom is 0.208 e. The molecule has 0 aliphatic carbocycles. The van der Waals surface area contributed by atoms with Crippen molar-refractivity contribution < 1.29 is 8.42 Å². The number of sulfonamides is 1. The molecule has 2 rings (SSSR count). The average molecular weight is 280 g/mol. The van der Waals surface area contributed by atoms with Gasteiger partial charge in [-0.3, -0.25) is 9.67 Å². The van der Waals surface area contributed by atoms with E-state index in [9.17, 15) is 8.42 Å². The minimum Gasteiger partial charge on any atom is -0.268 e. The topological polar surface area (TPSA) is 76.9 Å². The highest BCUT2D eigenvalue weighted by Gasteiger charge is 2.07. The Bertz CT molecular complexity index is 650. The summed E-state index contributed by atoms with van der Waals surface area (Å²) < 4.78 is 26.2. The van der Waals surface area contributed by atoms with Crippen LogP contribution in [0, 0.1) is 6.92 Å². The van der Waals surface area contributed by atoms with Crippen LogP contribution in [0.3, 0.4) is 0 Å². The normalized spacial score (nSPS) is 11.7. The Morgan fingerprint density at radius 3 is 2.84 bits per heavy atom. The predicted molar refractivity (Wildman–Crippen MR) is 73.0 cm³/mol. The first-order chi connectivity index (χ1) is 8.96. The van der Waals surface area contributed by atoms with E-state index in [1.807, 2.05) is 25.1 Å². The Kier molecular flexibility index (Phi) is 3.96. The second-order valence-electron chi connectivity index (χ2n) is 4.30. The third kappa shape index (κ3) is 3.87. The molecule has 0 bridgehead atoms. The van der Waals surface area contributed by atoms with E-state index in [-0.39, 0.29) is 0 Å². The van der Waals surface area contributed by atoms with E-state index in [4.69, 9.17) is 0 Å². The summed E-state index contributed by atoms with van der Waals surface area (Å²) in [5, 5.41) is 4.44. The quantitative estimate of drug-likeness (QED) is 0.879. The number of hydrogen-bond acceptors (Lipinski definition) is 4. The SMILES string of the molecule is Cc1cc(-c2cccnc2)nn1CCNS(C)(=O)=O. The number of aryl methyl sites for hydroxylation is 1. The fourth-order valence-corrected chi connectivity index (χ4v) is 2.19. The molecule has 1 N–H and O–H groups in total. The second kappa shape index (κ2) is 5.50. The molecule has 0 saturated carbocycles. The number of aromatic nitrogens is 3. The van der Waals surface area contributed by atoms with E-state index in [1.165, 1.54) is 0 Å². The third-order valence-electron chi connectivity index (χ3n) is 2.63. The standard InChI is InChI=1S/C12H16N4O2S/c1-10-8-12(11-4-3-5-13-9-11)15-16(10)7-6-14-19(2,17)18/h3-5,8-9,14H,6-7H2,1-2H3. The zero-order valence-electron chi connectivity index (χ0n) is 10.9. The van der Waals surface area contributed by atoms with Gasteiger partial charge in [-0.2, -0.15) is 5.10 Å². The smallest absolute Gasteiger partial charge is 0.208 e. The van der Waals surface area contributed by atoms with Gasteiger partial charge in [-0.05, 0) is 25.1 Å². The lowest BCUT2D eigenvalue weighted by Crippen LogP contribution is -2.26. The van der Waals surface area contributed by atoms with Gasteiger partial charge in [0, 0.05) is 30.2 Å². The van der Waals surface area contributed by atoms with Gasteiger partial charge in [0.15, 0.2) is 0 Å². The highest BCUT2D eigenvalue weighted by molar-refractivity contribution is 7.88. The number of nitrogens with zero attached hydrogens (tertiary/aromatic N) is 3. The van der Waals surface area contributed by atoms with Crippen LogP contribution in [0.25, 0.3) is 11.3 Å². The molecular weight excluding hydrogens is 264 g/mol. The Morgan fingerprint density at radius 2 is 2.21 bits per heavy atom. The molecule has 2 aromatic rings. The van der Waals surface area contributed by atoms with Crippen molar-refractivity contribution in [1.29, 1.82) is 0 Å². The minimum absolute atomic E-state index is 0.327. The van der Waals surface area contributed by atoms with Gasteiger partial charge in [0.05, 0.1) is 18.5 Å². The van der Waals surface area contributed by atoms with Crippen molar-refractivity contribution in [3.8, 4) is 11.3 Å². The maximum atomic E-state index is 11.0. The lowest BCUT2D eigenvalue weighted by molar-refractivity contribution is 0.560. The monoisotopic (exact) mass is 280 g/mol. The first-order valence-electron chi connectivity index (χ1n) is 5.85. The second-order valence-corrected chi connectivity index (χ2v) is 6.14. The van der Waals surface area contributed by atoms with E-state index >= 15 is 0 Å². The van der Waals surface area contributed by atoms with Crippen molar-refractivity contribution in [3.63, 3.8) is 0 Å². The maximum absolute atomic E-state index is 11.0. The molecule has 0 saturated heterocycles. The molecule has 0 aliphatic rings. The fourth-order valence-electron chi connectivity index (χ4n) is 1.73. The largest absolute Gasteiger partial charge is 0.268 e. The van der Waals surface area contributed by atoms with Crippen LogP contribution in [0.2, 0.25) is 0 Å². The van der Waals surface area contributed by atoms with E-state index < -0.39 is 10.0 Å². The van der Waals surface area contributed by atoms with Crippen molar-refractivity contribution in [2.75, 3.05) is 12.8 Å². The highest BCUT2D eigenvalue weighted by Crippen LogP contribution is 2.17. The van der Waals surface area contributed by atoms with Crippen LogP contribution in [0.5, 0.6) is 0 Å². The average Bonchev–Trinajstić information content (AvgIpc) is 2.71. The third-order valence-corrected chi connectivity index (χ3v) is 3.35. The lowest BCUT2D eigenvalue weighted by atomic mass is 10.2. The van der Waals surface area contributed by atoms with Crippen LogP contribution < -0.4 is 4.72 Å². The molecule has 0 spiro atoms. The van der Waals surface area contributed by atoms with Gasteiger partial charge in [-0.15, -0.1) is 0 Å². The van der Waals surface area contributed by atoms with Crippen molar-refractivity contribution >= 4 is 10.0 Å². The number of rotatable bonds is 5. The van der Waals surface area contributed by atoms with Crippen LogP contribution in [0.15, 0.2) is 30.6 Å². The van der Waals surface area contributed by atoms with Gasteiger partial charge in [0.25, 0.3) is 0 Å². The van der Waals surface area contributed by atoms with Crippen LogP contribution in [0.1, 0.15) is 5.69 Å². The van der Waals surface area contributed by atoms with Crippen LogP contribution in [-0.4, -0.2) is 36.0 Å². The Hall–Kier alpha value is -1.73. The molecule has 0 radical (unpaired) electrons. The van der Waals surface area contributed by atoms with Crippen LogP contribution in [-0.2, 0) is 16.6 Å². The summed E-state index contributed by atoms with van der Waals surface area (Å²) in [6.07, 6.45) is 4.61. The van der Waals surface area contributed by atoms with Crippen molar-refractivity contribution in [2.24, 2.45) is 0 Å². The van der Waals surface area contributed by atoms with E-state index in [0.29, 0.717) is 13.1 Å². The number of pyridine rings is 1. The Labute approximate surface area is 112 Å². The van der Waals surface area contributed by atoms with Gasteiger partial charge < -0.3 is 0 Å². The molecule has 19 heavy (non-hydrogen) atoms. The number of hydrogen-bond donors (Lipinski definition) is 1. The van der Waals surface area contributed by atoms with Crippen molar-refractivity contribution in [2.45, 2.75) is 13.5 Å². The molecular formula is C12H16N4O2S. The molecule has 0 aromatic carbocycles. The van der Waals surface area contributed by atoms with E-state index in [0.717, 1.165) is 23.2 Å². The molecule has 0 aliphatic heterocycles. The molecule has 0 fully saturated rings. The fraction of sp³-hybridized carbons (Fsp3) is 0.333. The molecule has 7 heteroatoms. The predicted octanol–water partition coefficient (Wildman–Crippen LogP) is 0.803. The molecule has 2 heterocycles. The highest BCUT2D eigenvalue weighted by atomic mass is 32.2. The lowest BCUT2D eigenvalue weighted by Gasteiger charge is -2.04. The summed E-state index contributed by atoms with van der Waals surface area (Å²) in [7, 11) is -3.15. The molecule has 0 atom stereocenters. The summed E-state index contributed by atoms with van der Waals surface area (Å²) in [6, 6.07) is 5.75. The zero-order chi connectivity index (χ0) is 13.9. The molecule has 102 valence electrons. The van der Waals surface area contributed by atoms with E-state index in [2.05, 4.69) is 14.8 Å². The van der Waals surface area contributed by atoms with Gasteiger partial charge in [0.2, 0.25) is 10.0 Å². The summed E-state index contributed by atoms with van der Waals surface area (Å²) >= 11 is 0. The minimum atomic E-state index is -3.15. The van der Waals surface area contributed by atoms with Gasteiger partial charge >= 0.3 is 0 Å². The van der Waals surface area contributed by atoms with Gasteiger partial charge in [0.1, 0.15) is 0 Å². The summed E-state index contributed by atoms with van der Waals surface area (Å²) in [5.74, 6) is 0. The van der Waals surface area contributed by atoms with Crippen LogP contribution >= 0.6 is 0 Å².